The quantitative estimate of drug-likeness (QED) is 0.310. The highest BCUT2D eigenvalue weighted by Gasteiger charge is 1.86. The molecule has 0 saturated heterocycles. The maximum atomic E-state index is 3.83. The number of hydrogen-bond donors (Lipinski definition) is 0. The molecule has 0 nitrogen and oxygen atoms in total. The Hall–Kier alpha value is -3.64. The third-order valence-corrected chi connectivity index (χ3v) is 4.49. The van der Waals surface area contributed by atoms with Crippen molar-refractivity contribution in [1.29, 1.82) is 0 Å². The molecular formula is C32H36. The van der Waals surface area contributed by atoms with Crippen molar-refractivity contribution < 1.29 is 0 Å². The number of aryl methyl sites for hydroxylation is 2. The van der Waals surface area contributed by atoms with Gasteiger partial charge < -0.3 is 0 Å². The van der Waals surface area contributed by atoms with Crippen LogP contribution in [0.25, 0.3) is 11.6 Å². The topological polar surface area (TPSA) is 0 Å². The molecular weight excluding hydrogens is 384 g/mol. The van der Waals surface area contributed by atoms with E-state index in [4.69, 9.17) is 0 Å². The molecule has 32 heavy (non-hydrogen) atoms. The summed E-state index contributed by atoms with van der Waals surface area (Å²) in [6.45, 7) is 13.7. The van der Waals surface area contributed by atoms with Gasteiger partial charge in [0.2, 0.25) is 0 Å². The van der Waals surface area contributed by atoms with Crippen molar-refractivity contribution in [3.05, 3.63) is 157 Å². The number of rotatable bonds is 3. The third kappa shape index (κ3) is 12.8. The van der Waals surface area contributed by atoms with Crippen molar-refractivity contribution >= 4 is 11.6 Å². The lowest BCUT2D eigenvalue weighted by Crippen LogP contribution is -1.73. The van der Waals surface area contributed by atoms with Gasteiger partial charge in [-0.3, -0.25) is 0 Å². The first-order valence-electron chi connectivity index (χ1n) is 11.0. The SMILES string of the molecule is C=C(C)c1ccccc1.C=Cc1ccccc1.CCc1ccccc1.Cc1ccccc1. The van der Waals surface area contributed by atoms with E-state index in [1.54, 1.807) is 0 Å². The summed E-state index contributed by atoms with van der Waals surface area (Å²) in [5.41, 5.74) is 6.25. The Morgan fingerprint density at radius 3 is 1.31 bits per heavy atom. The molecule has 0 unspecified atom stereocenters. The van der Waals surface area contributed by atoms with E-state index in [2.05, 4.69) is 75.5 Å². The van der Waals surface area contributed by atoms with Crippen molar-refractivity contribution in [3.8, 4) is 0 Å². The Bertz CT molecular complexity index is 969. The van der Waals surface area contributed by atoms with Crippen LogP contribution in [0.5, 0.6) is 0 Å². The summed E-state index contributed by atoms with van der Waals surface area (Å²) in [6.07, 6.45) is 2.97. The van der Waals surface area contributed by atoms with Gasteiger partial charge in [-0.25, -0.2) is 0 Å². The Morgan fingerprint density at radius 1 is 0.656 bits per heavy atom. The first-order valence-corrected chi connectivity index (χ1v) is 11.0. The molecule has 0 heterocycles. The Morgan fingerprint density at radius 2 is 1.06 bits per heavy atom. The molecule has 0 saturated carbocycles. The summed E-state index contributed by atoms with van der Waals surface area (Å²) in [7, 11) is 0. The average Bonchev–Trinajstić information content (AvgIpc) is 2.87. The van der Waals surface area contributed by atoms with Crippen molar-refractivity contribution in [2.45, 2.75) is 27.2 Å². The minimum Gasteiger partial charge on any atom is -0.0985 e. The van der Waals surface area contributed by atoms with E-state index in [9.17, 15) is 0 Å². The second-order valence-electron chi connectivity index (χ2n) is 7.26. The van der Waals surface area contributed by atoms with Crippen LogP contribution >= 0.6 is 0 Å². The van der Waals surface area contributed by atoms with Gasteiger partial charge in [-0.05, 0) is 37.0 Å². The molecule has 0 N–H and O–H groups in total. The fourth-order valence-corrected chi connectivity index (χ4v) is 2.56. The molecule has 0 aliphatic rings. The Labute approximate surface area is 195 Å². The van der Waals surface area contributed by atoms with E-state index in [1.165, 1.54) is 22.3 Å². The maximum absolute atomic E-state index is 3.83. The highest BCUT2D eigenvalue weighted by atomic mass is 13.9. The molecule has 0 bridgehead atoms. The second-order valence-corrected chi connectivity index (χ2v) is 7.26. The summed E-state index contributed by atoms with van der Waals surface area (Å²) < 4.78 is 0. The van der Waals surface area contributed by atoms with E-state index < -0.39 is 0 Å². The lowest BCUT2D eigenvalue weighted by atomic mass is 10.1. The molecule has 0 aromatic heterocycles. The molecule has 0 heteroatoms. The molecule has 0 aliphatic carbocycles. The lowest BCUT2D eigenvalue weighted by molar-refractivity contribution is 1.14. The van der Waals surface area contributed by atoms with Crippen molar-refractivity contribution in [1.82, 2.24) is 0 Å². The number of benzene rings is 4. The van der Waals surface area contributed by atoms with E-state index in [0.29, 0.717) is 0 Å². The van der Waals surface area contributed by atoms with Gasteiger partial charge in [0.1, 0.15) is 0 Å². The van der Waals surface area contributed by atoms with E-state index in [0.717, 1.165) is 12.0 Å². The van der Waals surface area contributed by atoms with E-state index in [1.807, 2.05) is 85.8 Å². The highest BCUT2D eigenvalue weighted by Crippen LogP contribution is 2.08. The summed E-state index contributed by atoms with van der Waals surface area (Å²) in [5, 5.41) is 0. The Balaban J connectivity index is 0.000000214. The molecule has 0 spiro atoms. The van der Waals surface area contributed by atoms with Crippen molar-refractivity contribution in [2.75, 3.05) is 0 Å². The van der Waals surface area contributed by atoms with Crippen LogP contribution in [-0.4, -0.2) is 0 Å². The van der Waals surface area contributed by atoms with Gasteiger partial charge in [0.05, 0.1) is 0 Å². The van der Waals surface area contributed by atoms with Gasteiger partial charge >= 0.3 is 0 Å². The highest BCUT2D eigenvalue weighted by molar-refractivity contribution is 5.60. The zero-order valence-electron chi connectivity index (χ0n) is 19.7. The zero-order chi connectivity index (χ0) is 23.4. The smallest absolute Gasteiger partial charge is 0.0233 e. The summed E-state index contributed by atoms with van der Waals surface area (Å²) in [6, 6.07) is 40.9. The minimum absolute atomic E-state index is 1.12. The van der Waals surface area contributed by atoms with Gasteiger partial charge in [-0.2, -0.15) is 0 Å². The first kappa shape index (κ1) is 26.4. The normalized spacial score (nSPS) is 8.84. The minimum atomic E-state index is 1.12. The molecule has 4 aromatic rings. The van der Waals surface area contributed by atoms with Crippen LogP contribution in [0.15, 0.2) is 134 Å². The molecule has 0 atom stereocenters. The van der Waals surface area contributed by atoms with Crippen LogP contribution in [0.3, 0.4) is 0 Å². The third-order valence-electron chi connectivity index (χ3n) is 4.49. The maximum Gasteiger partial charge on any atom is -0.0233 e. The van der Waals surface area contributed by atoms with E-state index >= 15 is 0 Å². The van der Waals surface area contributed by atoms with Gasteiger partial charge in [-0.15, -0.1) is 0 Å². The molecule has 4 rings (SSSR count). The molecule has 164 valence electrons. The molecule has 4 aromatic carbocycles. The predicted molar refractivity (Wildman–Crippen MR) is 145 cm³/mol. The monoisotopic (exact) mass is 420 g/mol. The van der Waals surface area contributed by atoms with Crippen molar-refractivity contribution in [3.63, 3.8) is 0 Å². The van der Waals surface area contributed by atoms with Gasteiger partial charge in [0.25, 0.3) is 0 Å². The number of allylic oxidation sites excluding steroid dienone is 1. The summed E-state index contributed by atoms with van der Waals surface area (Å²) in [5.74, 6) is 0. The predicted octanol–water partition coefficient (Wildman–Crippen LogP) is 9.29. The molecule has 0 aliphatic heterocycles. The fourth-order valence-electron chi connectivity index (χ4n) is 2.56. The molecule has 0 fully saturated rings. The van der Waals surface area contributed by atoms with Gasteiger partial charge in [0.15, 0.2) is 0 Å². The fraction of sp³-hybridized carbons (Fsp3) is 0.125. The van der Waals surface area contributed by atoms with E-state index in [-0.39, 0.29) is 0 Å². The van der Waals surface area contributed by atoms with Crippen LogP contribution in [-0.2, 0) is 6.42 Å². The van der Waals surface area contributed by atoms with Crippen LogP contribution < -0.4 is 0 Å². The van der Waals surface area contributed by atoms with Crippen LogP contribution in [0.4, 0.5) is 0 Å². The molecule has 0 radical (unpaired) electrons. The zero-order valence-corrected chi connectivity index (χ0v) is 19.7. The van der Waals surface area contributed by atoms with Crippen LogP contribution in [0, 0.1) is 6.92 Å². The van der Waals surface area contributed by atoms with Crippen LogP contribution in [0.2, 0.25) is 0 Å². The molecule has 0 amide bonds. The standard InChI is InChI=1S/C9H10.C8H10.C8H8.C7H8/c1-8(2)9-6-4-3-5-7-9;2*1-2-8-6-4-3-5-7-8;1-7-5-3-2-4-6-7/h3-7H,1H2,2H3;3-7H,2H2,1H3;2-7H,1H2;2-6H,1H3. The summed E-state index contributed by atoms with van der Waals surface area (Å²) >= 11 is 0. The largest absolute Gasteiger partial charge is 0.0985 e. The van der Waals surface area contributed by atoms with Gasteiger partial charge in [-0.1, -0.05) is 159 Å². The lowest BCUT2D eigenvalue weighted by Gasteiger charge is -1.94. The average molecular weight is 421 g/mol. The second kappa shape index (κ2) is 17.1. The van der Waals surface area contributed by atoms with Crippen molar-refractivity contribution in [2.24, 2.45) is 0 Å². The Kier molecular flexibility index (Phi) is 14.1. The summed E-state index contributed by atoms with van der Waals surface area (Å²) in [4.78, 5) is 0. The van der Waals surface area contributed by atoms with Gasteiger partial charge in [0, 0.05) is 0 Å². The number of hydrogen-bond acceptors (Lipinski definition) is 0. The van der Waals surface area contributed by atoms with Crippen LogP contribution in [0.1, 0.15) is 36.1 Å². The first-order chi connectivity index (χ1) is 15.6.